The van der Waals surface area contributed by atoms with Gasteiger partial charge in [0.05, 0.1) is 12.0 Å². The van der Waals surface area contributed by atoms with Crippen molar-refractivity contribution in [3.8, 4) is 5.75 Å². The van der Waals surface area contributed by atoms with Crippen LogP contribution >= 0.6 is 0 Å². The molecule has 0 saturated heterocycles. The number of sulfonamides is 1. The summed E-state index contributed by atoms with van der Waals surface area (Å²) >= 11 is 0. The topological polar surface area (TPSA) is 98.5 Å². The third-order valence-electron chi connectivity index (χ3n) is 3.53. The summed E-state index contributed by atoms with van der Waals surface area (Å²) in [5, 5.41) is 7.85. The number of methoxy groups -OCH3 is 1. The number of fused-ring (bicyclic) bond motifs is 1. The van der Waals surface area contributed by atoms with Crippen molar-refractivity contribution in [1.82, 2.24) is 0 Å². The molecule has 7 heteroatoms. The molecule has 6 nitrogen and oxygen atoms in total. The molecular weight excluding hydrogens is 316 g/mol. The molecule has 0 radical (unpaired) electrons. The number of nitrogens with one attached hydrogen (secondary N) is 1. The fraction of sp³-hybridized carbons (Fsp3) is 0.0625. The third kappa shape index (κ3) is 2.96. The number of ether oxygens (including phenoxy) is 1. The van der Waals surface area contributed by atoms with E-state index in [1.54, 1.807) is 37.5 Å². The number of amides is 1. The molecule has 0 bridgehead atoms. The smallest absolute Gasteiger partial charge is 0.256 e. The highest BCUT2D eigenvalue weighted by Crippen LogP contribution is 2.34. The first-order chi connectivity index (χ1) is 10.9. The first-order valence-electron chi connectivity index (χ1n) is 6.73. The second-order valence-corrected chi connectivity index (χ2v) is 6.60. The van der Waals surface area contributed by atoms with E-state index in [0.29, 0.717) is 22.6 Å². The molecule has 0 aliphatic carbocycles. The predicted octanol–water partition coefficient (Wildman–Crippen LogP) is 1.84. The fourth-order valence-corrected chi connectivity index (χ4v) is 2.89. The van der Waals surface area contributed by atoms with Gasteiger partial charge in [0.1, 0.15) is 5.75 Å². The molecule has 1 aliphatic heterocycles. The maximum absolute atomic E-state index is 12.1. The number of carbonyl (C=O) groups is 1. The SMILES string of the molecule is COc1ccc(C=C2C(=O)Nc3ccc(S(N)(=O)=O)cc32)cc1. The van der Waals surface area contributed by atoms with Crippen molar-refractivity contribution in [2.45, 2.75) is 4.90 Å². The van der Waals surface area contributed by atoms with Crippen LogP contribution in [0.4, 0.5) is 5.69 Å². The highest BCUT2D eigenvalue weighted by Gasteiger charge is 2.25. The lowest BCUT2D eigenvalue weighted by Gasteiger charge is -2.03. The molecule has 0 spiro atoms. The van der Waals surface area contributed by atoms with E-state index in [4.69, 9.17) is 9.88 Å². The highest BCUT2D eigenvalue weighted by molar-refractivity contribution is 7.89. The molecule has 2 aromatic carbocycles. The second kappa shape index (κ2) is 5.53. The number of carbonyl (C=O) groups excluding carboxylic acids is 1. The minimum atomic E-state index is -3.83. The van der Waals surface area contributed by atoms with E-state index in [9.17, 15) is 13.2 Å². The number of nitrogens with two attached hydrogens (primary N) is 1. The Morgan fingerprint density at radius 3 is 2.43 bits per heavy atom. The van der Waals surface area contributed by atoms with Gasteiger partial charge in [0.25, 0.3) is 5.91 Å². The molecule has 0 atom stereocenters. The Bertz CT molecular complexity index is 916. The first-order valence-corrected chi connectivity index (χ1v) is 8.27. The number of primary sulfonamides is 1. The minimum Gasteiger partial charge on any atom is -0.497 e. The van der Waals surface area contributed by atoms with Gasteiger partial charge in [-0.2, -0.15) is 0 Å². The van der Waals surface area contributed by atoms with Crippen molar-refractivity contribution in [3.05, 3.63) is 53.6 Å². The van der Waals surface area contributed by atoms with Crippen molar-refractivity contribution in [3.63, 3.8) is 0 Å². The predicted molar refractivity (Wildman–Crippen MR) is 87.3 cm³/mol. The zero-order valence-electron chi connectivity index (χ0n) is 12.2. The summed E-state index contributed by atoms with van der Waals surface area (Å²) in [7, 11) is -2.26. The molecule has 1 amide bonds. The van der Waals surface area contributed by atoms with Crippen molar-refractivity contribution in [2.75, 3.05) is 12.4 Å². The van der Waals surface area contributed by atoms with Gasteiger partial charge in [0.15, 0.2) is 0 Å². The number of hydrogen-bond acceptors (Lipinski definition) is 4. The van der Waals surface area contributed by atoms with Crippen molar-refractivity contribution in [1.29, 1.82) is 0 Å². The quantitative estimate of drug-likeness (QED) is 0.839. The summed E-state index contributed by atoms with van der Waals surface area (Å²) < 4.78 is 28.1. The average Bonchev–Trinajstić information content (AvgIpc) is 2.82. The standard InChI is InChI=1S/C16H14N2O4S/c1-22-11-4-2-10(3-5-11)8-14-13-9-12(23(17,20)21)6-7-15(13)18-16(14)19/h2-9H,1H3,(H,18,19)(H2,17,20,21). The maximum atomic E-state index is 12.1. The Hall–Kier alpha value is -2.64. The van der Waals surface area contributed by atoms with Gasteiger partial charge < -0.3 is 10.1 Å². The van der Waals surface area contributed by atoms with E-state index in [1.165, 1.54) is 18.2 Å². The van der Waals surface area contributed by atoms with Gasteiger partial charge in [-0.3, -0.25) is 4.79 Å². The Balaban J connectivity index is 2.07. The summed E-state index contributed by atoms with van der Waals surface area (Å²) in [5.74, 6) is 0.419. The Morgan fingerprint density at radius 2 is 1.83 bits per heavy atom. The van der Waals surface area contributed by atoms with Gasteiger partial charge in [-0.05, 0) is 42.0 Å². The summed E-state index contributed by atoms with van der Waals surface area (Å²) in [6.45, 7) is 0. The molecule has 1 aliphatic rings. The van der Waals surface area contributed by atoms with Crippen LogP contribution in [0.2, 0.25) is 0 Å². The van der Waals surface area contributed by atoms with Crippen LogP contribution in [0.5, 0.6) is 5.75 Å². The van der Waals surface area contributed by atoms with Crippen LogP contribution in [-0.2, 0) is 14.8 Å². The lowest BCUT2D eigenvalue weighted by Crippen LogP contribution is -2.12. The van der Waals surface area contributed by atoms with Crippen LogP contribution in [-0.4, -0.2) is 21.4 Å². The summed E-state index contributed by atoms with van der Waals surface area (Å²) in [6, 6.07) is 11.5. The third-order valence-corrected chi connectivity index (χ3v) is 4.44. The van der Waals surface area contributed by atoms with Crippen molar-refractivity contribution >= 4 is 33.3 Å². The number of anilines is 1. The minimum absolute atomic E-state index is 0.0339. The molecule has 3 rings (SSSR count). The molecule has 1 heterocycles. The molecule has 3 N–H and O–H groups in total. The number of benzene rings is 2. The van der Waals surface area contributed by atoms with E-state index in [1.807, 2.05) is 0 Å². The first kappa shape index (κ1) is 15.3. The molecule has 118 valence electrons. The Labute approximate surface area is 133 Å². The largest absolute Gasteiger partial charge is 0.497 e. The molecule has 23 heavy (non-hydrogen) atoms. The Kier molecular flexibility index (Phi) is 3.67. The van der Waals surface area contributed by atoms with Gasteiger partial charge in [0, 0.05) is 16.8 Å². The number of hydrogen-bond donors (Lipinski definition) is 2. The van der Waals surface area contributed by atoms with Crippen molar-refractivity contribution in [2.24, 2.45) is 5.14 Å². The lowest BCUT2D eigenvalue weighted by atomic mass is 10.0. The molecular formula is C16H14N2O4S. The monoisotopic (exact) mass is 330 g/mol. The molecule has 0 saturated carbocycles. The summed E-state index contributed by atoms with van der Waals surface area (Å²) in [4.78, 5) is 12.1. The normalized spacial score (nSPS) is 15.4. The maximum Gasteiger partial charge on any atom is 0.256 e. The van der Waals surface area contributed by atoms with Gasteiger partial charge in [-0.25, -0.2) is 13.6 Å². The fourth-order valence-electron chi connectivity index (χ4n) is 2.35. The van der Waals surface area contributed by atoms with E-state index in [0.717, 1.165) is 5.56 Å². The van der Waals surface area contributed by atoms with E-state index in [-0.39, 0.29) is 10.8 Å². The van der Waals surface area contributed by atoms with Crippen LogP contribution in [0.1, 0.15) is 11.1 Å². The van der Waals surface area contributed by atoms with Gasteiger partial charge >= 0.3 is 0 Å². The zero-order chi connectivity index (χ0) is 16.6. The van der Waals surface area contributed by atoms with Crippen LogP contribution in [0.25, 0.3) is 11.6 Å². The van der Waals surface area contributed by atoms with E-state index >= 15 is 0 Å². The Morgan fingerprint density at radius 1 is 1.13 bits per heavy atom. The molecule has 0 aromatic heterocycles. The van der Waals surface area contributed by atoms with Crippen LogP contribution in [0.15, 0.2) is 47.4 Å². The van der Waals surface area contributed by atoms with E-state index in [2.05, 4.69) is 5.32 Å². The zero-order valence-corrected chi connectivity index (χ0v) is 13.1. The van der Waals surface area contributed by atoms with Crippen LogP contribution in [0, 0.1) is 0 Å². The van der Waals surface area contributed by atoms with Crippen LogP contribution in [0.3, 0.4) is 0 Å². The number of rotatable bonds is 3. The van der Waals surface area contributed by atoms with Gasteiger partial charge in [0.2, 0.25) is 10.0 Å². The summed E-state index contributed by atoms with van der Waals surface area (Å²) in [5.41, 5.74) is 2.25. The van der Waals surface area contributed by atoms with E-state index < -0.39 is 10.0 Å². The van der Waals surface area contributed by atoms with Gasteiger partial charge in [-0.1, -0.05) is 12.1 Å². The molecule has 0 fully saturated rings. The summed E-state index contributed by atoms with van der Waals surface area (Å²) in [6.07, 6.45) is 1.69. The second-order valence-electron chi connectivity index (χ2n) is 5.04. The van der Waals surface area contributed by atoms with Crippen molar-refractivity contribution < 1.29 is 17.9 Å². The molecule has 0 unspecified atom stereocenters. The lowest BCUT2D eigenvalue weighted by molar-refractivity contribution is -0.110. The van der Waals surface area contributed by atoms with Gasteiger partial charge in [-0.15, -0.1) is 0 Å². The molecule has 2 aromatic rings. The average molecular weight is 330 g/mol. The highest BCUT2D eigenvalue weighted by atomic mass is 32.2. The van der Waals surface area contributed by atoms with Crippen LogP contribution < -0.4 is 15.2 Å².